The number of rotatable bonds is 5. The zero-order valence-corrected chi connectivity index (χ0v) is 11.0. The fourth-order valence-corrected chi connectivity index (χ4v) is 2.28. The van der Waals surface area contributed by atoms with E-state index in [-0.39, 0.29) is 17.9 Å². The van der Waals surface area contributed by atoms with E-state index < -0.39 is 0 Å². The predicted octanol–water partition coefficient (Wildman–Crippen LogP) is 1.74. The Morgan fingerprint density at radius 2 is 2.35 bits per heavy atom. The van der Waals surface area contributed by atoms with Crippen LogP contribution in [0.3, 0.4) is 0 Å². The molecular formula is C12H15BrN2O2. The number of hydrogen-bond donors (Lipinski definition) is 2. The maximum absolute atomic E-state index is 11.9. The molecule has 0 bridgehead atoms. The molecule has 0 unspecified atom stereocenters. The van der Waals surface area contributed by atoms with Crippen molar-refractivity contribution in [1.29, 1.82) is 0 Å². The minimum atomic E-state index is -0.116. The Balaban J connectivity index is 1.92. The van der Waals surface area contributed by atoms with Gasteiger partial charge in [0.05, 0.1) is 5.56 Å². The Hall–Kier alpha value is -0.940. The summed E-state index contributed by atoms with van der Waals surface area (Å²) in [4.78, 5) is 15.9. The Bertz CT molecular complexity index is 419. The van der Waals surface area contributed by atoms with Gasteiger partial charge in [-0.1, -0.05) is 0 Å². The molecule has 1 aromatic rings. The summed E-state index contributed by atoms with van der Waals surface area (Å²) in [6, 6.07) is 3.47. The predicted molar refractivity (Wildman–Crippen MR) is 67.6 cm³/mol. The van der Waals surface area contributed by atoms with Crippen molar-refractivity contribution >= 4 is 21.8 Å². The molecule has 1 fully saturated rings. The van der Waals surface area contributed by atoms with Gasteiger partial charge in [-0.3, -0.25) is 4.79 Å². The Morgan fingerprint density at radius 1 is 1.59 bits per heavy atom. The van der Waals surface area contributed by atoms with Crippen molar-refractivity contribution in [3.05, 3.63) is 28.5 Å². The number of pyridine rings is 1. The van der Waals surface area contributed by atoms with Crippen LogP contribution < -0.4 is 5.32 Å². The first kappa shape index (κ1) is 12.5. The van der Waals surface area contributed by atoms with E-state index in [2.05, 4.69) is 26.2 Å². The van der Waals surface area contributed by atoms with Gasteiger partial charge < -0.3 is 10.4 Å². The molecule has 4 nitrogen and oxygen atoms in total. The monoisotopic (exact) mass is 298 g/mol. The Labute approximate surface area is 109 Å². The lowest BCUT2D eigenvalue weighted by Gasteiger charge is -2.14. The van der Waals surface area contributed by atoms with Crippen LogP contribution in [0.1, 0.15) is 29.6 Å². The van der Waals surface area contributed by atoms with E-state index in [1.54, 1.807) is 18.3 Å². The van der Waals surface area contributed by atoms with Gasteiger partial charge in [0.2, 0.25) is 0 Å². The lowest BCUT2D eigenvalue weighted by Crippen LogP contribution is -2.31. The quantitative estimate of drug-likeness (QED) is 0.814. The molecule has 1 heterocycles. The summed E-state index contributed by atoms with van der Waals surface area (Å²) in [5.41, 5.74) is 0.686. The number of carbonyl (C=O) groups is 1. The van der Waals surface area contributed by atoms with Crippen LogP contribution in [0.5, 0.6) is 0 Å². The largest absolute Gasteiger partial charge is 0.396 e. The number of carbonyl (C=O) groups excluding carboxylic acids is 1. The summed E-state index contributed by atoms with van der Waals surface area (Å²) in [5, 5.41) is 11.8. The molecule has 0 aliphatic heterocycles. The summed E-state index contributed by atoms with van der Waals surface area (Å²) >= 11 is 3.25. The summed E-state index contributed by atoms with van der Waals surface area (Å²) in [7, 11) is 0. The topological polar surface area (TPSA) is 62.2 Å². The number of hydrogen-bond acceptors (Lipinski definition) is 3. The van der Waals surface area contributed by atoms with Crippen molar-refractivity contribution in [2.45, 2.75) is 19.3 Å². The second-order valence-electron chi connectivity index (χ2n) is 4.50. The van der Waals surface area contributed by atoms with Crippen LogP contribution in [-0.2, 0) is 0 Å². The van der Waals surface area contributed by atoms with Crippen molar-refractivity contribution in [1.82, 2.24) is 10.3 Å². The molecule has 0 atom stereocenters. The summed E-state index contributed by atoms with van der Waals surface area (Å²) in [5.74, 6) is -0.116. The SMILES string of the molecule is O=C(NCC1(CCO)CC1)c1cccnc1Br. The number of amides is 1. The van der Waals surface area contributed by atoms with E-state index in [0.29, 0.717) is 16.7 Å². The fourth-order valence-electron chi connectivity index (χ4n) is 1.85. The summed E-state index contributed by atoms with van der Waals surface area (Å²) < 4.78 is 0.560. The average Bonchev–Trinajstić information content (AvgIpc) is 3.08. The minimum Gasteiger partial charge on any atom is -0.396 e. The van der Waals surface area contributed by atoms with Crippen LogP contribution >= 0.6 is 15.9 Å². The smallest absolute Gasteiger partial charge is 0.254 e. The number of nitrogens with zero attached hydrogens (tertiary/aromatic N) is 1. The van der Waals surface area contributed by atoms with Gasteiger partial charge in [-0.05, 0) is 52.7 Å². The van der Waals surface area contributed by atoms with Gasteiger partial charge in [0.1, 0.15) is 4.60 Å². The Morgan fingerprint density at radius 3 is 2.94 bits per heavy atom. The van der Waals surface area contributed by atoms with E-state index in [4.69, 9.17) is 5.11 Å². The normalized spacial score (nSPS) is 16.6. The maximum atomic E-state index is 11.9. The number of halogens is 1. The molecule has 1 amide bonds. The maximum Gasteiger partial charge on any atom is 0.254 e. The van der Waals surface area contributed by atoms with Crippen LogP contribution in [0.15, 0.2) is 22.9 Å². The third kappa shape index (κ3) is 3.04. The third-order valence-corrected chi connectivity index (χ3v) is 3.86. The van der Waals surface area contributed by atoms with Crippen LogP contribution in [0.25, 0.3) is 0 Å². The van der Waals surface area contributed by atoms with Gasteiger partial charge in [0.15, 0.2) is 0 Å². The van der Waals surface area contributed by atoms with Gasteiger partial charge in [-0.25, -0.2) is 4.98 Å². The van der Waals surface area contributed by atoms with Crippen molar-refractivity contribution in [3.8, 4) is 0 Å². The van der Waals surface area contributed by atoms with Crippen LogP contribution in [0.4, 0.5) is 0 Å². The zero-order valence-electron chi connectivity index (χ0n) is 9.45. The zero-order chi connectivity index (χ0) is 12.3. The highest BCUT2D eigenvalue weighted by atomic mass is 79.9. The van der Waals surface area contributed by atoms with Crippen molar-refractivity contribution in [2.24, 2.45) is 5.41 Å². The summed E-state index contributed by atoms with van der Waals surface area (Å²) in [6.07, 6.45) is 4.57. The highest BCUT2D eigenvalue weighted by Crippen LogP contribution is 2.47. The van der Waals surface area contributed by atoms with Crippen molar-refractivity contribution in [2.75, 3.05) is 13.2 Å². The molecule has 1 aliphatic rings. The van der Waals surface area contributed by atoms with Gasteiger partial charge in [0.25, 0.3) is 5.91 Å². The molecule has 2 rings (SSSR count). The average molecular weight is 299 g/mol. The lowest BCUT2D eigenvalue weighted by molar-refractivity contribution is 0.0939. The van der Waals surface area contributed by atoms with Gasteiger partial charge in [0, 0.05) is 19.3 Å². The summed E-state index contributed by atoms with van der Waals surface area (Å²) in [6.45, 7) is 0.820. The molecule has 0 aromatic carbocycles. The molecule has 0 spiro atoms. The molecule has 0 radical (unpaired) electrons. The highest BCUT2D eigenvalue weighted by molar-refractivity contribution is 9.10. The number of aromatic nitrogens is 1. The molecular weight excluding hydrogens is 284 g/mol. The number of nitrogens with one attached hydrogen (secondary N) is 1. The molecule has 92 valence electrons. The van der Waals surface area contributed by atoms with Gasteiger partial charge in [-0.15, -0.1) is 0 Å². The van der Waals surface area contributed by atoms with Gasteiger partial charge >= 0.3 is 0 Å². The second kappa shape index (κ2) is 5.14. The van der Waals surface area contributed by atoms with E-state index in [1.165, 1.54) is 0 Å². The van der Waals surface area contributed by atoms with Crippen molar-refractivity contribution < 1.29 is 9.90 Å². The first-order chi connectivity index (χ1) is 8.17. The molecule has 0 saturated heterocycles. The molecule has 17 heavy (non-hydrogen) atoms. The standard InChI is InChI=1S/C12H15BrN2O2/c13-10-9(2-1-6-14-10)11(17)15-8-12(3-4-12)5-7-16/h1-2,6,16H,3-5,7-8H2,(H,15,17). The molecule has 1 aromatic heterocycles. The number of aliphatic hydroxyl groups is 1. The van der Waals surface area contributed by atoms with Crippen LogP contribution in [-0.4, -0.2) is 29.1 Å². The van der Waals surface area contributed by atoms with Crippen LogP contribution in [0, 0.1) is 5.41 Å². The molecule has 1 saturated carbocycles. The number of aliphatic hydroxyl groups excluding tert-OH is 1. The van der Waals surface area contributed by atoms with E-state index in [1.807, 2.05) is 0 Å². The Kier molecular flexibility index (Phi) is 3.79. The van der Waals surface area contributed by atoms with Gasteiger partial charge in [-0.2, -0.15) is 0 Å². The molecule has 5 heteroatoms. The third-order valence-electron chi connectivity index (χ3n) is 3.23. The molecule has 2 N–H and O–H groups in total. The van der Waals surface area contributed by atoms with E-state index in [0.717, 1.165) is 19.3 Å². The first-order valence-corrected chi connectivity index (χ1v) is 6.46. The fraction of sp³-hybridized carbons (Fsp3) is 0.500. The second-order valence-corrected chi connectivity index (χ2v) is 5.25. The van der Waals surface area contributed by atoms with Crippen molar-refractivity contribution in [3.63, 3.8) is 0 Å². The lowest BCUT2D eigenvalue weighted by atomic mass is 10.0. The van der Waals surface area contributed by atoms with E-state index >= 15 is 0 Å². The van der Waals surface area contributed by atoms with E-state index in [9.17, 15) is 4.79 Å². The first-order valence-electron chi connectivity index (χ1n) is 5.66. The molecule has 1 aliphatic carbocycles. The minimum absolute atomic E-state index is 0.116. The highest BCUT2D eigenvalue weighted by Gasteiger charge is 2.41. The van der Waals surface area contributed by atoms with Crippen LogP contribution in [0.2, 0.25) is 0 Å².